The van der Waals surface area contributed by atoms with Gasteiger partial charge in [0, 0.05) is 10.9 Å². The van der Waals surface area contributed by atoms with Crippen LogP contribution >= 0.6 is 0 Å². The number of hydrogen-bond acceptors (Lipinski definition) is 5. The van der Waals surface area contributed by atoms with Crippen LogP contribution in [0.2, 0.25) is 0 Å². The molecule has 5 nitrogen and oxygen atoms in total. The maximum absolute atomic E-state index is 15.1. The molecule has 1 aliphatic rings. The number of halogens is 4. The molecule has 5 rings (SSSR count). The number of benzene rings is 3. The zero-order chi connectivity index (χ0) is 21.3. The van der Waals surface area contributed by atoms with E-state index >= 15 is 4.39 Å². The van der Waals surface area contributed by atoms with Crippen molar-refractivity contribution in [3.8, 4) is 28.5 Å². The van der Waals surface area contributed by atoms with E-state index in [0.717, 1.165) is 6.07 Å². The minimum atomic E-state index is -6.03. The molecule has 0 unspecified atom stereocenters. The molecule has 0 amide bonds. The summed E-state index contributed by atoms with van der Waals surface area (Å²) in [5.41, 5.74) is -5.08. The smallest absolute Gasteiger partial charge is 0.456 e. The summed E-state index contributed by atoms with van der Waals surface area (Å²) < 4.78 is 85.5. The maximum Gasteiger partial charge on any atom is 0.534 e. The van der Waals surface area contributed by atoms with E-state index in [4.69, 9.17) is 4.74 Å². The maximum atomic E-state index is 15.1. The Hall–Kier alpha value is -3.40. The van der Waals surface area contributed by atoms with Gasteiger partial charge in [-0.15, -0.1) is 0 Å². The number of aromatic nitrogens is 1. The number of ether oxygens (including phenoxy) is 1. The minimum Gasteiger partial charge on any atom is -0.456 e. The Labute approximate surface area is 166 Å². The second-order valence-electron chi connectivity index (χ2n) is 6.49. The molecule has 152 valence electrons. The van der Waals surface area contributed by atoms with Gasteiger partial charge in [0.15, 0.2) is 11.6 Å². The zero-order valence-electron chi connectivity index (χ0n) is 14.7. The summed E-state index contributed by atoms with van der Waals surface area (Å²) in [5, 5.41) is 1.43. The zero-order valence-corrected chi connectivity index (χ0v) is 15.5. The van der Waals surface area contributed by atoms with Crippen LogP contribution in [0, 0.1) is 5.82 Å². The van der Waals surface area contributed by atoms with Gasteiger partial charge in [0.25, 0.3) is 0 Å². The average Bonchev–Trinajstić information content (AvgIpc) is 2.69. The molecule has 10 heteroatoms. The third kappa shape index (κ3) is 2.60. The standard InChI is InChI=1S/C20H9F4NO4S/c21-17-15(29-30(26,27)20(22,23)24)9-8-11-10-5-3-7-14-16(10)18(25-19(11)17)12-4-1-2-6-13(12)28-14/h1-9H. The Morgan fingerprint density at radius 3 is 2.40 bits per heavy atom. The van der Waals surface area contributed by atoms with E-state index in [9.17, 15) is 21.6 Å². The quantitative estimate of drug-likeness (QED) is 0.158. The highest BCUT2D eigenvalue weighted by atomic mass is 32.2. The number of rotatable bonds is 2. The van der Waals surface area contributed by atoms with Crippen molar-refractivity contribution < 1.29 is 34.9 Å². The molecule has 0 saturated heterocycles. The highest BCUT2D eigenvalue weighted by Gasteiger charge is 2.49. The summed E-state index contributed by atoms with van der Waals surface area (Å²) >= 11 is 0. The molecule has 0 N–H and O–H groups in total. The highest BCUT2D eigenvalue weighted by molar-refractivity contribution is 7.88. The van der Waals surface area contributed by atoms with Crippen molar-refractivity contribution in [1.29, 1.82) is 0 Å². The molecule has 30 heavy (non-hydrogen) atoms. The highest BCUT2D eigenvalue weighted by Crippen LogP contribution is 2.47. The number of alkyl halides is 3. The van der Waals surface area contributed by atoms with E-state index < -0.39 is 27.2 Å². The molecule has 3 aromatic carbocycles. The fourth-order valence-corrected chi connectivity index (χ4v) is 3.88. The predicted molar refractivity (Wildman–Crippen MR) is 100 cm³/mol. The summed E-state index contributed by atoms with van der Waals surface area (Å²) in [6.45, 7) is 0. The first-order chi connectivity index (χ1) is 14.2. The lowest BCUT2D eigenvalue weighted by molar-refractivity contribution is -0.0500. The van der Waals surface area contributed by atoms with Crippen LogP contribution in [-0.4, -0.2) is 18.9 Å². The third-order valence-electron chi connectivity index (χ3n) is 4.70. The number of fused-ring (bicyclic) bond motifs is 4. The number of pyridine rings is 1. The summed E-state index contributed by atoms with van der Waals surface area (Å²) in [6.07, 6.45) is 0. The van der Waals surface area contributed by atoms with E-state index in [1.54, 1.807) is 42.5 Å². The van der Waals surface area contributed by atoms with Gasteiger partial charge in [-0.25, -0.2) is 9.37 Å². The Morgan fingerprint density at radius 1 is 0.900 bits per heavy atom. The van der Waals surface area contributed by atoms with Gasteiger partial charge in [-0.3, -0.25) is 0 Å². The first kappa shape index (κ1) is 18.6. The van der Waals surface area contributed by atoms with Gasteiger partial charge in [-0.05, 0) is 35.7 Å². The molecule has 4 aromatic rings. The monoisotopic (exact) mass is 435 g/mol. The van der Waals surface area contributed by atoms with Crippen LogP contribution in [-0.2, 0) is 10.1 Å². The SMILES string of the molecule is O=S(=O)(Oc1ccc2c(nc3c4c(cccc42)Oc2ccccc2-3)c1F)C(F)(F)F. The molecule has 1 aliphatic heterocycles. The van der Waals surface area contributed by atoms with Crippen LogP contribution in [0.25, 0.3) is 32.9 Å². The Bertz CT molecular complexity index is 1470. The normalized spacial score (nSPS) is 13.2. The molecular formula is C20H9F4NO4S. The fourth-order valence-electron chi connectivity index (χ4n) is 3.42. The number of para-hydroxylation sites is 1. The Kier molecular flexibility index (Phi) is 3.75. The van der Waals surface area contributed by atoms with E-state index in [0.29, 0.717) is 33.5 Å². The van der Waals surface area contributed by atoms with E-state index in [1.165, 1.54) is 6.07 Å². The number of nitrogens with zero attached hydrogens (tertiary/aromatic N) is 1. The molecular weight excluding hydrogens is 426 g/mol. The fraction of sp³-hybridized carbons (Fsp3) is 0.0500. The van der Waals surface area contributed by atoms with Gasteiger partial charge >= 0.3 is 15.6 Å². The van der Waals surface area contributed by atoms with Crippen molar-refractivity contribution in [3.05, 3.63) is 60.4 Å². The Morgan fingerprint density at radius 2 is 1.63 bits per heavy atom. The molecule has 1 aromatic heterocycles. The van der Waals surface area contributed by atoms with Crippen molar-refractivity contribution in [2.24, 2.45) is 0 Å². The van der Waals surface area contributed by atoms with E-state index in [-0.39, 0.29) is 10.9 Å². The van der Waals surface area contributed by atoms with E-state index in [2.05, 4.69) is 9.17 Å². The average molecular weight is 435 g/mol. The van der Waals surface area contributed by atoms with Crippen molar-refractivity contribution in [2.75, 3.05) is 0 Å². The first-order valence-electron chi connectivity index (χ1n) is 8.50. The van der Waals surface area contributed by atoms with Gasteiger partial charge in [-0.1, -0.05) is 24.3 Å². The van der Waals surface area contributed by atoms with Gasteiger partial charge < -0.3 is 8.92 Å². The lowest BCUT2D eigenvalue weighted by atomic mass is 9.97. The van der Waals surface area contributed by atoms with Gasteiger partial charge in [0.05, 0.1) is 11.1 Å². The third-order valence-corrected chi connectivity index (χ3v) is 5.67. The van der Waals surface area contributed by atoms with Crippen molar-refractivity contribution >= 4 is 31.8 Å². The Balaban J connectivity index is 1.82. The van der Waals surface area contributed by atoms with Crippen LogP contribution in [0.4, 0.5) is 17.6 Å². The largest absolute Gasteiger partial charge is 0.534 e. The molecule has 0 fully saturated rings. The van der Waals surface area contributed by atoms with Crippen LogP contribution in [0.3, 0.4) is 0 Å². The molecule has 0 spiro atoms. The molecule has 0 bridgehead atoms. The van der Waals surface area contributed by atoms with Gasteiger partial charge in [-0.2, -0.15) is 21.6 Å². The molecule has 0 aliphatic carbocycles. The topological polar surface area (TPSA) is 65.5 Å². The minimum absolute atomic E-state index is 0.271. The molecule has 0 radical (unpaired) electrons. The summed E-state index contributed by atoms with van der Waals surface area (Å²) in [6, 6.07) is 14.1. The lowest BCUT2D eigenvalue weighted by Crippen LogP contribution is -2.28. The van der Waals surface area contributed by atoms with Crippen molar-refractivity contribution in [2.45, 2.75) is 5.51 Å². The molecule has 2 heterocycles. The van der Waals surface area contributed by atoms with Crippen LogP contribution < -0.4 is 8.92 Å². The van der Waals surface area contributed by atoms with Gasteiger partial charge in [0.1, 0.15) is 17.0 Å². The first-order valence-corrected chi connectivity index (χ1v) is 9.91. The van der Waals surface area contributed by atoms with Crippen LogP contribution in [0.15, 0.2) is 54.6 Å². The predicted octanol–water partition coefficient (Wildman–Crippen LogP) is 5.53. The van der Waals surface area contributed by atoms with Crippen molar-refractivity contribution in [3.63, 3.8) is 0 Å². The number of hydrogen-bond donors (Lipinski definition) is 0. The molecule has 0 saturated carbocycles. The summed E-state index contributed by atoms with van der Waals surface area (Å²) in [7, 11) is -6.03. The molecule has 0 atom stereocenters. The van der Waals surface area contributed by atoms with Crippen LogP contribution in [0.1, 0.15) is 0 Å². The summed E-state index contributed by atoms with van der Waals surface area (Å²) in [4.78, 5) is 4.32. The second kappa shape index (κ2) is 6.05. The van der Waals surface area contributed by atoms with E-state index in [1.807, 2.05) is 0 Å². The second-order valence-corrected chi connectivity index (χ2v) is 8.03. The van der Waals surface area contributed by atoms with Crippen molar-refractivity contribution in [1.82, 2.24) is 4.98 Å². The van der Waals surface area contributed by atoms with Gasteiger partial charge in [0.2, 0.25) is 0 Å². The lowest BCUT2D eigenvalue weighted by Gasteiger charge is -2.21. The summed E-state index contributed by atoms with van der Waals surface area (Å²) in [5.74, 6) is -1.42. The van der Waals surface area contributed by atoms with Crippen LogP contribution in [0.5, 0.6) is 17.2 Å².